The van der Waals surface area contributed by atoms with Gasteiger partial charge in [0.1, 0.15) is 0 Å². The number of hydrogen-bond acceptors (Lipinski definition) is 6. The number of nitrogens with two attached hydrogens (primary N) is 1. The fourth-order valence-electron chi connectivity index (χ4n) is 1.35. The molecule has 0 spiro atoms. The van der Waals surface area contributed by atoms with Crippen molar-refractivity contribution in [2.24, 2.45) is 26.4 Å². The van der Waals surface area contributed by atoms with E-state index in [1.165, 1.54) is 4.90 Å². The molecule has 8 heteroatoms. The van der Waals surface area contributed by atoms with Gasteiger partial charge >= 0.3 is 6.03 Å². The van der Waals surface area contributed by atoms with Crippen molar-refractivity contribution in [2.45, 2.75) is 4.99 Å². The van der Waals surface area contributed by atoms with Crippen molar-refractivity contribution in [2.75, 3.05) is 11.9 Å². The van der Waals surface area contributed by atoms with Gasteiger partial charge in [0.2, 0.25) is 0 Å². The Kier molecular flexibility index (Phi) is 2.80. The van der Waals surface area contributed by atoms with E-state index < -0.39 is 11.0 Å². The molecule has 2 N–H and O–H groups in total. The summed E-state index contributed by atoms with van der Waals surface area (Å²) >= 11 is 4.28. The minimum Gasteiger partial charge on any atom is -0.351 e. The second-order valence-corrected chi connectivity index (χ2v) is 4.09. The molecule has 1 aliphatic heterocycles. The Labute approximate surface area is 103 Å². The molecule has 0 saturated heterocycles. The Morgan fingerprint density at radius 3 is 2.65 bits per heavy atom. The van der Waals surface area contributed by atoms with Crippen LogP contribution in [-0.4, -0.2) is 13.1 Å². The third-order valence-electron chi connectivity index (χ3n) is 2.36. The molecular formula is C9H10N6OS. The molecule has 0 fully saturated rings. The number of nitrogens with zero attached hydrogens (tertiary/aromatic N) is 5. The maximum atomic E-state index is 11.1. The number of hydrogen-bond donors (Lipinski definition) is 2. The first kappa shape index (κ1) is 11.5. The smallest absolute Gasteiger partial charge is 0.318 e. The molecule has 0 bridgehead atoms. The predicted octanol–water partition coefficient (Wildman–Crippen LogP) is 2.07. The zero-order valence-corrected chi connectivity index (χ0v) is 9.87. The predicted molar refractivity (Wildman–Crippen MR) is 64.8 cm³/mol. The average molecular weight is 250 g/mol. The van der Waals surface area contributed by atoms with E-state index in [4.69, 9.17) is 5.73 Å². The lowest BCUT2D eigenvalue weighted by Gasteiger charge is -2.18. The molecule has 2 amide bonds. The van der Waals surface area contributed by atoms with Gasteiger partial charge in [-0.3, -0.25) is 4.90 Å². The van der Waals surface area contributed by atoms with Gasteiger partial charge in [0.05, 0.1) is 0 Å². The van der Waals surface area contributed by atoms with Gasteiger partial charge in [-0.15, -0.1) is 22.9 Å². The second kappa shape index (κ2) is 4.13. The summed E-state index contributed by atoms with van der Waals surface area (Å²) in [7, 11) is 1.57. The molecule has 7 nitrogen and oxygen atoms in total. The summed E-state index contributed by atoms with van der Waals surface area (Å²) in [5.74, 6) is 0. The maximum Gasteiger partial charge on any atom is 0.318 e. The van der Waals surface area contributed by atoms with Crippen LogP contribution in [0.4, 0.5) is 10.5 Å². The van der Waals surface area contributed by atoms with Gasteiger partial charge in [0, 0.05) is 18.3 Å². The van der Waals surface area contributed by atoms with Gasteiger partial charge < -0.3 is 5.73 Å². The highest BCUT2D eigenvalue weighted by Crippen LogP contribution is 2.37. The Morgan fingerprint density at radius 1 is 1.41 bits per heavy atom. The minimum atomic E-state index is -1.12. The highest BCUT2D eigenvalue weighted by Gasteiger charge is 2.31. The SMILES string of the molecule is CN(C(N)=O)c1cccc(C2(S)N=NN=N2)c1. The normalized spacial score (nSPS) is 16.1. The topological polar surface area (TPSA) is 95.8 Å². The van der Waals surface area contributed by atoms with Crippen LogP contribution >= 0.6 is 12.6 Å². The molecule has 88 valence electrons. The molecule has 17 heavy (non-hydrogen) atoms. The number of anilines is 1. The molecule has 0 aromatic heterocycles. The Balaban J connectivity index is 2.38. The molecular weight excluding hydrogens is 240 g/mol. The van der Waals surface area contributed by atoms with Crippen molar-refractivity contribution in [3.8, 4) is 0 Å². The lowest BCUT2D eigenvalue weighted by atomic mass is 10.1. The number of primary amides is 1. The summed E-state index contributed by atoms with van der Waals surface area (Å²) < 4.78 is 0. The van der Waals surface area contributed by atoms with Gasteiger partial charge in [0.15, 0.2) is 0 Å². The Hall–Kier alpha value is -1.96. The lowest BCUT2D eigenvalue weighted by molar-refractivity contribution is 0.255. The largest absolute Gasteiger partial charge is 0.351 e. The van der Waals surface area contributed by atoms with Crippen LogP contribution in [0.3, 0.4) is 0 Å². The van der Waals surface area contributed by atoms with E-state index in [-0.39, 0.29) is 0 Å². The van der Waals surface area contributed by atoms with Gasteiger partial charge in [-0.2, -0.15) is 0 Å². The lowest BCUT2D eigenvalue weighted by Crippen LogP contribution is -2.31. The van der Waals surface area contributed by atoms with E-state index in [0.717, 1.165) is 0 Å². The van der Waals surface area contributed by atoms with E-state index >= 15 is 0 Å². The van der Waals surface area contributed by atoms with Crippen LogP contribution < -0.4 is 10.6 Å². The fraction of sp³-hybridized carbons (Fsp3) is 0.222. The van der Waals surface area contributed by atoms with Crippen LogP contribution in [0.25, 0.3) is 0 Å². The van der Waals surface area contributed by atoms with Gasteiger partial charge in [-0.25, -0.2) is 4.79 Å². The first-order valence-electron chi connectivity index (χ1n) is 4.73. The summed E-state index contributed by atoms with van der Waals surface area (Å²) in [4.78, 5) is 11.3. The molecule has 0 atom stereocenters. The zero-order chi connectivity index (χ0) is 12.5. The van der Waals surface area contributed by atoms with Crippen molar-refractivity contribution >= 4 is 24.3 Å². The van der Waals surface area contributed by atoms with E-state index in [9.17, 15) is 4.79 Å². The molecule has 2 rings (SSSR count). The second-order valence-electron chi connectivity index (χ2n) is 3.46. The van der Waals surface area contributed by atoms with E-state index in [2.05, 4.69) is 33.3 Å². The van der Waals surface area contributed by atoms with Crippen LogP contribution in [0.2, 0.25) is 0 Å². The number of thiol groups is 1. The molecule has 1 aromatic carbocycles. The summed E-state index contributed by atoms with van der Waals surface area (Å²) in [6.07, 6.45) is 0. The van der Waals surface area contributed by atoms with Crippen LogP contribution in [-0.2, 0) is 4.99 Å². The molecule has 0 saturated carbocycles. The number of carbonyl (C=O) groups is 1. The first-order chi connectivity index (χ1) is 8.03. The molecule has 0 radical (unpaired) electrons. The summed E-state index contributed by atoms with van der Waals surface area (Å²) in [5, 5.41) is 14.5. The number of amides is 2. The standard InChI is InChI=1S/C9H10N6OS/c1-15(8(10)16)7-4-2-3-6(5-7)9(17)11-13-14-12-9/h2-5,17H,1H3,(H2,10,16). The minimum absolute atomic E-state index is 0.551. The number of carbonyl (C=O) groups excluding carboxylic acids is 1. The molecule has 1 heterocycles. The highest BCUT2D eigenvalue weighted by molar-refractivity contribution is 7.81. The summed E-state index contributed by atoms with van der Waals surface area (Å²) in [6.45, 7) is 0. The number of benzene rings is 1. The van der Waals surface area contributed by atoms with E-state index in [0.29, 0.717) is 11.3 Å². The zero-order valence-electron chi connectivity index (χ0n) is 8.98. The molecule has 1 aromatic rings. The molecule has 0 aliphatic carbocycles. The Morgan fingerprint density at radius 2 is 2.06 bits per heavy atom. The van der Waals surface area contributed by atoms with Crippen LogP contribution in [0.1, 0.15) is 5.56 Å². The average Bonchev–Trinajstić information content (AvgIpc) is 2.76. The van der Waals surface area contributed by atoms with Crippen LogP contribution in [0.5, 0.6) is 0 Å². The third-order valence-corrected chi connectivity index (χ3v) is 2.80. The van der Waals surface area contributed by atoms with Crippen molar-refractivity contribution in [1.29, 1.82) is 0 Å². The monoisotopic (exact) mass is 250 g/mol. The highest BCUT2D eigenvalue weighted by atomic mass is 32.1. The fourth-order valence-corrected chi connectivity index (χ4v) is 1.57. The third kappa shape index (κ3) is 2.11. The molecule has 0 unspecified atom stereocenters. The van der Waals surface area contributed by atoms with Gasteiger partial charge in [-0.1, -0.05) is 12.1 Å². The summed E-state index contributed by atoms with van der Waals surface area (Å²) in [6, 6.07) is 6.43. The van der Waals surface area contributed by atoms with Crippen LogP contribution in [0.15, 0.2) is 44.9 Å². The van der Waals surface area contributed by atoms with Crippen molar-refractivity contribution in [3.05, 3.63) is 29.8 Å². The van der Waals surface area contributed by atoms with Crippen molar-refractivity contribution in [1.82, 2.24) is 0 Å². The van der Waals surface area contributed by atoms with Crippen molar-refractivity contribution < 1.29 is 4.79 Å². The van der Waals surface area contributed by atoms with Crippen molar-refractivity contribution in [3.63, 3.8) is 0 Å². The van der Waals surface area contributed by atoms with Crippen LogP contribution in [0, 0.1) is 0 Å². The van der Waals surface area contributed by atoms with Gasteiger partial charge in [-0.05, 0) is 22.6 Å². The van der Waals surface area contributed by atoms with E-state index in [1.54, 1.807) is 31.3 Å². The number of rotatable bonds is 2. The molecule has 1 aliphatic rings. The maximum absolute atomic E-state index is 11.1. The van der Waals surface area contributed by atoms with E-state index in [1.807, 2.05) is 0 Å². The number of urea groups is 1. The quantitative estimate of drug-likeness (QED) is 0.772. The Bertz CT molecular complexity index is 502. The van der Waals surface area contributed by atoms with Gasteiger partial charge in [0.25, 0.3) is 4.99 Å². The first-order valence-corrected chi connectivity index (χ1v) is 5.18. The summed E-state index contributed by atoms with van der Waals surface area (Å²) in [5.41, 5.74) is 6.48.